The van der Waals surface area contributed by atoms with Crippen molar-refractivity contribution < 1.29 is 4.74 Å². The molecule has 0 amide bonds. The maximum absolute atomic E-state index is 5.88. The van der Waals surface area contributed by atoms with Crippen molar-refractivity contribution in [2.75, 3.05) is 19.8 Å². The lowest BCUT2D eigenvalue weighted by molar-refractivity contribution is 0.108. The molecule has 0 heterocycles. The Morgan fingerprint density at radius 1 is 0.952 bits per heavy atom. The van der Waals surface area contributed by atoms with E-state index in [4.69, 9.17) is 4.74 Å². The number of benzene rings is 1. The fraction of sp³-hybridized carbons (Fsp3) is 0.684. The molecule has 0 aliphatic rings. The Morgan fingerprint density at radius 3 is 2.29 bits per heavy atom. The van der Waals surface area contributed by atoms with Gasteiger partial charge in [0.25, 0.3) is 0 Å². The first-order chi connectivity index (χ1) is 10.3. The first-order valence-electron chi connectivity index (χ1n) is 8.65. The van der Waals surface area contributed by atoms with Crippen LogP contribution < -0.4 is 5.32 Å². The second-order valence-electron chi connectivity index (χ2n) is 5.86. The van der Waals surface area contributed by atoms with Crippen molar-refractivity contribution >= 4 is 0 Å². The van der Waals surface area contributed by atoms with Gasteiger partial charge in [0, 0.05) is 6.61 Å². The highest BCUT2D eigenvalue weighted by molar-refractivity contribution is 5.24. The minimum Gasteiger partial charge on any atom is -0.379 e. The van der Waals surface area contributed by atoms with Crippen molar-refractivity contribution in [3.05, 3.63) is 35.4 Å². The van der Waals surface area contributed by atoms with E-state index in [2.05, 4.69) is 50.4 Å². The lowest BCUT2D eigenvalue weighted by Gasteiger charge is -2.18. The number of rotatable bonds is 12. The molecule has 0 aliphatic heterocycles. The fourth-order valence-corrected chi connectivity index (χ4v) is 2.50. The quantitative estimate of drug-likeness (QED) is 0.546. The summed E-state index contributed by atoms with van der Waals surface area (Å²) in [6, 6.07) is 9.07. The van der Waals surface area contributed by atoms with Gasteiger partial charge in [-0.1, -0.05) is 75.8 Å². The molecule has 1 unspecified atom stereocenters. The topological polar surface area (TPSA) is 21.3 Å². The predicted octanol–water partition coefficient (Wildman–Crippen LogP) is 5.02. The van der Waals surface area contributed by atoms with Crippen LogP contribution in [0.15, 0.2) is 24.3 Å². The lowest BCUT2D eigenvalue weighted by Crippen LogP contribution is -2.25. The smallest absolute Gasteiger partial charge is 0.0661 e. The van der Waals surface area contributed by atoms with Crippen molar-refractivity contribution in [3.8, 4) is 0 Å². The van der Waals surface area contributed by atoms with Gasteiger partial charge in [-0.25, -0.2) is 0 Å². The van der Waals surface area contributed by atoms with E-state index in [1.54, 1.807) is 0 Å². The molecule has 0 saturated heterocycles. The van der Waals surface area contributed by atoms with E-state index in [0.717, 1.165) is 19.8 Å². The van der Waals surface area contributed by atoms with Crippen molar-refractivity contribution in [3.63, 3.8) is 0 Å². The Hall–Kier alpha value is -0.860. The monoisotopic (exact) mass is 291 g/mol. The number of hydrogen-bond acceptors (Lipinski definition) is 2. The summed E-state index contributed by atoms with van der Waals surface area (Å²) in [6.45, 7) is 9.16. The third-order valence-electron chi connectivity index (χ3n) is 3.86. The van der Waals surface area contributed by atoms with Gasteiger partial charge in [0.2, 0.25) is 0 Å². The number of ether oxygens (including phenoxy) is 1. The number of nitrogens with one attached hydrogen (secondary N) is 1. The van der Waals surface area contributed by atoms with Crippen molar-refractivity contribution in [1.82, 2.24) is 5.32 Å². The average Bonchev–Trinajstić information content (AvgIpc) is 2.50. The van der Waals surface area contributed by atoms with E-state index in [9.17, 15) is 0 Å². The molecule has 120 valence electrons. The van der Waals surface area contributed by atoms with Gasteiger partial charge in [-0.05, 0) is 25.5 Å². The number of aryl methyl sites for hydroxylation is 1. The molecule has 2 nitrogen and oxygen atoms in total. The molecule has 1 aromatic rings. The maximum atomic E-state index is 5.88. The fourth-order valence-electron chi connectivity index (χ4n) is 2.50. The van der Waals surface area contributed by atoms with Gasteiger partial charge in [0.05, 0.1) is 12.6 Å². The summed E-state index contributed by atoms with van der Waals surface area (Å²) in [4.78, 5) is 0. The summed E-state index contributed by atoms with van der Waals surface area (Å²) in [5, 5.41) is 3.51. The predicted molar refractivity (Wildman–Crippen MR) is 91.8 cm³/mol. The normalized spacial score (nSPS) is 12.5. The summed E-state index contributed by atoms with van der Waals surface area (Å²) in [5.74, 6) is 0. The summed E-state index contributed by atoms with van der Waals surface area (Å²) in [6.07, 6.45) is 7.91. The van der Waals surface area contributed by atoms with Gasteiger partial charge in [0.1, 0.15) is 0 Å². The summed E-state index contributed by atoms with van der Waals surface area (Å²) in [7, 11) is 0. The third-order valence-corrected chi connectivity index (χ3v) is 3.86. The van der Waals surface area contributed by atoms with Crippen molar-refractivity contribution in [2.24, 2.45) is 0 Å². The van der Waals surface area contributed by atoms with Crippen LogP contribution in [0.25, 0.3) is 0 Å². The van der Waals surface area contributed by atoms with Crippen LogP contribution in [0.4, 0.5) is 0 Å². The number of hydrogen-bond donors (Lipinski definition) is 1. The largest absolute Gasteiger partial charge is 0.379 e. The Labute approximate surface area is 131 Å². The van der Waals surface area contributed by atoms with Crippen LogP contribution in [0.5, 0.6) is 0 Å². The zero-order valence-electron chi connectivity index (χ0n) is 14.2. The van der Waals surface area contributed by atoms with E-state index >= 15 is 0 Å². The van der Waals surface area contributed by atoms with E-state index < -0.39 is 0 Å². The second kappa shape index (κ2) is 11.8. The highest BCUT2D eigenvalue weighted by atomic mass is 16.5. The molecule has 21 heavy (non-hydrogen) atoms. The lowest BCUT2D eigenvalue weighted by atomic mass is 10.1. The molecule has 0 aromatic heterocycles. The van der Waals surface area contributed by atoms with E-state index in [1.807, 2.05) is 0 Å². The maximum Gasteiger partial charge on any atom is 0.0661 e. The molecule has 0 radical (unpaired) electrons. The summed E-state index contributed by atoms with van der Waals surface area (Å²) >= 11 is 0. The minimum absolute atomic E-state index is 0.315. The van der Waals surface area contributed by atoms with Gasteiger partial charge in [0.15, 0.2) is 0 Å². The second-order valence-corrected chi connectivity index (χ2v) is 5.86. The van der Waals surface area contributed by atoms with E-state index in [-0.39, 0.29) is 0 Å². The molecule has 0 spiro atoms. The zero-order valence-corrected chi connectivity index (χ0v) is 14.2. The molecule has 1 atom stereocenters. The summed E-state index contributed by atoms with van der Waals surface area (Å²) < 4.78 is 5.88. The van der Waals surface area contributed by atoms with Gasteiger partial charge in [-0.15, -0.1) is 0 Å². The Kier molecular flexibility index (Phi) is 10.2. The minimum atomic E-state index is 0.315. The first-order valence-corrected chi connectivity index (χ1v) is 8.65. The molecule has 0 aliphatic carbocycles. The third kappa shape index (κ3) is 8.23. The molecule has 1 rings (SSSR count). The number of unbranched alkanes of at least 4 members (excludes halogenated alkanes) is 5. The van der Waals surface area contributed by atoms with Crippen molar-refractivity contribution in [2.45, 2.75) is 65.3 Å². The van der Waals surface area contributed by atoms with Crippen LogP contribution in [0.1, 0.15) is 69.5 Å². The van der Waals surface area contributed by atoms with Crippen LogP contribution in [0, 0.1) is 6.92 Å². The van der Waals surface area contributed by atoms with Crippen molar-refractivity contribution in [1.29, 1.82) is 0 Å². The standard InChI is InChI=1S/C19H33NO/c1-4-6-7-8-9-10-15-21-16-19(20-5-2)18-13-11-17(3)12-14-18/h11-14,19-20H,4-10,15-16H2,1-3H3. The molecule has 1 aromatic carbocycles. The van der Waals surface area contributed by atoms with E-state index in [1.165, 1.54) is 49.7 Å². The highest BCUT2D eigenvalue weighted by Gasteiger charge is 2.09. The molecule has 0 saturated carbocycles. The Morgan fingerprint density at radius 2 is 1.62 bits per heavy atom. The molecule has 1 N–H and O–H groups in total. The molecule has 0 bridgehead atoms. The van der Waals surface area contributed by atoms with Crippen LogP contribution in [0.3, 0.4) is 0 Å². The van der Waals surface area contributed by atoms with Gasteiger partial charge in [-0.3, -0.25) is 0 Å². The van der Waals surface area contributed by atoms with E-state index in [0.29, 0.717) is 6.04 Å². The van der Waals surface area contributed by atoms with Crippen LogP contribution in [-0.4, -0.2) is 19.8 Å². The van der Waals surface area contributed by atoms with Crippen LogP contribution in [0.2, 0.25) is 0 Å². The summed E-state index contributed by atoms with van der Waals surface area (Å²) in [5.41, 5.74) is 2.63. The Balaban J connectivity index is 2.21. The van der Waals surface area contributed by atoms with Gasteiger partial charge in [-0.2, -0.15) is 0 Å². The van der Waals surface area contributed by atoms with Crippen LogP contribution >= 0.6 is 0 Å². The highest BCUT2D eigenvalue weighted by Crippen LogP contribution is 2.14. The molecule has 2 heteroatoms. The zero-order chi connectivity index (χ0) is 15.3. The van der Waals surface area contributed by atoms with Gasteiger partial charge >= 0.3 is 0 Å². The SMILES string of the molecule is CCCCCCCCOCC(NCC)c1ccc(C)cc1. The van der Waals surface area contributed by atoms with Crippen LogP contribution in [-0.2, 0) is 4.74 Å². The Bertz CT molecular complexity index is 347. The average molecular weight is 291 g/mol. The van der Waals surface area contributed by atoms with Gasteiger partial charge < -0.3 is 10.1 Å². The molecule has 0 fully saturated rings. The molecular weight excluding hydrogens is 258 g/mol. The molecular formula is C19H33NO. The first kappa shape index (κ1) is 18.2. The number of likely N-dealkylation sites (N-methyl/N-ethyl adjacent to an activating group) is 1.